The van der Waals surface area contributed by atoms with E-state index in [0.717, 1.165) is 21.3 Å². The van der Waals surface area contributed by atoms with Gasteiger partial charge in [0.25, 0.3) is 5.91 Å². The summed E-state index contributed by atoms with van der Waals surface area (Å²) in [6.45, 7) is 1.46. The average Bonchev–Trinajstić information content (AvgIpc) is 3.10. The molecule has 0 aliphatic heterocycles. The molecule has 0 bridgehead atoms. The van der Waals surface area contributed by atoms with Crippen molar-refractivity contribution >= 4 is 44.2 Å². The van der Waals surface area contributed by atoms with Crippen LogP contribution in [0.3, 0.4) is 0 Å². The number of nitrogens with zero attached hydrogens (tertiary/aromatic N) is 1. The lowest BCUT2D eigenvalue weighted by Gasteiger charge is -2.04. The van der Waals surface area contributed by atoms with E-state index >= 15 is 0 Å². The van der Waals surface area contributed by atoms with E-state index in [4.69, 9.17) is 0 Å². The Morgan fingerprint density at radius 3 is 2.29 bits per heavy atom. The van der Waals surface area contributed by atoms with Gasteiger partial charge < -0.3 is 5.32 Å². The van der Waals surface area contributed by atoms with Crippen LogP contribution in [0.25, 0.3) is 21.3 Å². The van der Waals surface area contributed by atoms with E-state index in [1.807, 2.05) is 54.6 Å². The molecule has 5 nitrogen and oxygen atoms in total. The number of thiazole rings is 1. The van der Waals surface area contributed by atoms with Gasteiger partial charge in [0.2, 0.25) is 5.91 Å². The molecule has 4 aromatic rings. The number of rotatable bonds is 4. The maximum absolute atomic E-state index is 12.5. The molecule has 6 heteroatoms. The summed E-state index contributed by atoms with van der Waals surface area (Å²) in [6, 6.07) is 22.9. The van der Waals surface area contributed by atoms with E-state index in [2.05, 4.69) is 15.6 Å². The minimum absolute atomic E-state index is 0.128. The number of hydrogen-bond donors (Lipinski definition) is 2. The molecule has 2 amide bonds. The molecule has 0 atom stereocenters. The summed E-state index contributed by atoms with van der Waals surface area (Å²) in [5.74, 6) is -0.336. The topological polar surface area (TPSA) is 71.1 Å². The van der Waals surface area contributed by atoms with E-state index in [1.165, 1.54) is 18.3 Å². The number of amides is 2. The largest absolute Gasteiger partial charge is 0.326 e. The molecule has 0 fully saturated rings. The molecule has 0 unspecified atom stereocenters. The molecule has 0 spiro atoms. The van der Waals surface area contributed by atoms with Crippen molar-refractivity contribution in [3.05, 3.63) is 78.4 Å². The quantitative estimate of drug-likeness (QED) is 0.507. The van der Waals surface area contributed by atoms with Gasteiger partial charge in [-0.15, -0.1) is 0 Å². The first-order valence-electron chi connectivity index (χ1n) is 8.73. The summed E-state index contributed by atoms with van der Waals surface area (Å²) in [6.07, 6.45) is 0. The van der Waals surface area contributed by atoms with Gasteiger partial charge in [-0.05, 0) is 41.5 Å². The van der Waals surface area contributed by atoms with Crippen LogP contribution in [0.1, 0.15) is 17.3 Å². The Kier molecular flexibility index (Phi) is 4.87. The van der Waals surface area contributed by atoms with Gasteiger partial charge in [0.1, 0.15) is 0 Å². The molecule has 2 N–H and O–H groups in total. The molecule has 28 heavy (non-hydrogen) atoms. The Morgan fingerprint density at radius 1 is 0.857 bits per heavy atom. The third-order valence-corrected chi connectivity index (χ3v) is 5.12. The number of hydrogen-bond acceptors (Lipinski definition) is 4. The van der Waals surface area contributed by atoms with Crippen molar-refractivity contribution in [3.63, 3.8) is 0 Å². The highest BCUT2D eigenvalue weighted by Gasteiger charge is 2.11. The molecule has 4 rings (SSSR count). The van der Waals surface area contributed by atoms with Crippen LogP contribution in [-0.2, 0) is 4.79 Å². The van der Waals surface area contributed by atoms with Crippen molar-refractivity contribution in [1.29, 1.82) is 0 Å². The van der Waals surface area contributed by atoms with Crippen molar-refractivity contribution in [3.8, 4) is 11.1 Å². The maximum atomic E-state index is 12.5. The lowest BCUT2D eigenvalue weighted by Crippen LogP contribution is -2.11. The third kappa shape index (κ3) is 3.92. The van der Waals surface area contributed by atoms with Crippen molar-refractivity contribution in [1.82, 2.24) is 4.98 Å². The van der Waals surface area contributed by atoms with E-state index < -0.39 is 0 Å². The molecule has 1 heterocycles. The summed E-state index contributed by atoms with van der Waals surface area (Å²) < 4.78 is 0.890. The molecular weight excluding hydrogens is 370 g/mol. The highest BCUT2D eigenvalue weighted by Crippen LogP contribution is 2.29. The molecule has 0 saturated carbocycles. The Morgan fingerprint density at radius 2 is 1.57 bits per heavy atom. The van der Waals surface area contributed by atoms with Gasteiger partial charge in [0, 0.05) is 18.2 Å². The summed E-state index contributed by atoms with van der Waals surface area (Å²) >= 11 is 1.37. The van der Waals surface area contributed by atoms with E-state index in [1.54, 1.807) is 18.2 Å². The zero-order valence-corrected chi connectivity index (χ0v) is 15.9. The second kappa shape index (κ2) is 7.62. The number of anilines is 2. The fraction of sp³-hybridized carbons (Fsp3) is 0.0455. The average molecular weight is 387 g/mol. The zero-order valence-electron chi connectivity index (χ0n) is 15.1. The zero-order chi connectivity index (χ0) is 19.5. The van der Waals surface area contributed by atoms with Gasteiger partial charge in [-0.3, -0.25) is 14.9 Å². The molecular formula is C22H17N3O2S. The first-order chi connectivity index (χ1) is 13.6. The molecule has 0 radical (unpaired) electrons. The first kappa shape index (κ1) is 17.9. The molecule has 0 saturated heterocycles. The number of fused-ring (bicyclic) bond motifs is 1. The number of aromatic nitrogens is 1. The van der Waals surface area contributed by atoms with E-state index in [-0.39, 0.29) is 11.8 Å². The second-order valence-electron chi connectivity index (χ2n) is 6.28. The minimum atomic E-state index is -0.208. The Balaban J connectivity index is 1.50. The van der Waals surface area contributed by atoms with Gasteiger partial charge in [-0.1, -0.05) is 53.8 Å². The van der Waals surface area contributed by atoms with Gasteiger partial charge in [0.15, 0.2) is 5.13 Å². The van der Waals surface area contributed by atoms with Crippen LogP contribution in [0.5, 0.6) is 0 Å². The van der Waals surface area contributed by atoms with Gasteiger partial charge in [-0.25, -0.2) is 4.98 Å². The summed E-state index contributed by atoms with van der Waals surface area (Å²) in [7, 11) is 0. The Hall–Kier alpha value is -3.51. The van der Waals surface area contributed by atoms with Gasteiger partial charge >= 0.3 is 0 Å². The second-order valence-corrected chi connectivity index (χ2v) is 7.31. The summed E-state index contributed by atoms with van der Waals surface area (Å²) in [5.41, 5.74) is 4.21. The fourth-order valence-electron chi connectivity index (χ4n) is 2.87. The van der Waals surface area contributed by atoms with Crippen molar-refractivity contribution < 1.29 is 9.59 Å². The highest BCUT2D eigenvalue weighted by molar-refractivity contribution is 7.22. The standard InChI is InChI=1S/C22H17N3O2S/c1-14(26)23-18-11-12-19-20(13-18)28-22(24-19)25-21(27)17-9-7-16(8-10-17)15-5-3-2-4-6-15/h2-13H,1H3,(H,23,26)(H,24,25,27). The highest BCUT2D eigenvalue weighted by atomic mass is 32.1. The van der Waals surface area contributed by atoms with Gasteiger partial charge in [0.05, 0.1) is 10.2 Å². The monoisotopic (exact) mass is 387 g/mol. The Bertz CT molecular complexity index is 1150. The van der Waals surface area contributed by atoms with Crippen molar-refractivity contribution in [2.75, 3.05) is 10.6 Å². The lowest BCUT2D eigenvalue weighted by molar-refractivity contribution is -0.114. The predicted octanol–water partition coefficient (Wildman–Crippen LogP) is 5.17. The van der Waals surface area contributed by atoms with Gasteiger partial charge in [-0.2, -0.15) is 0 Å². The number of carbonyl (C=O) groups excluding carboxylic acids is 2. The summed E-state index contributed by atoms with van der Waals surface area (Å²) in [4.78, 5) is 28.2. The lowest BCUT2D eigenvalue weighted by atomic mass is 10.0. The van der Waals surface area contributed by atoms with Crippen LogP contribution in [0.2, 0.25) is 0 Å². The Labute approximate surface area is 166 Å². The predicted molar refractivity (Wildman–Crippen MR) is 114 cm³/mol. The number of benzene rings is 3. The van der Waals surface area contributed by atoms with Crippen LogP contribution in [0.4, 0.5) is 10.8 Å². The number of nitrogens with one attached hydrogen (secondary N) is 2. The molecule has 0 aliphatic carbocycles. The third-order valence-electron chi connectivity index (χ3n) is 4.18. The van der Waals surface area contributed by atoms with Crippen LogP contribution >= 0.6 is 11.3 Å². The fourth-order valence-corrected chi connectivity index (χ4v) is 3.77. The maximum Gasteiger partial charge on any atom is 0.257 e. The van der Waals surface area contributed by atoms with E-state index in [9.17, 15) is 9.59 Å². The van der Waals surface area contributed by atoms with Crippen LogP contribution in [0.15, 0.2) is 72.8 Å². The summed E-state index contributed by atoms with van der Waals surface area (Å²) in [5, 5.41) is 6.11. The first-order valence-corrected chi connectivity index (χ1v) is 9.55. The normalized spacial score (nSPS) is 10.6. The minimum Gasteiger partial charge on any atom is -0.326 e. The SMILES string of the molecule is CC(=O)Nc1ccc2nc(NC(=O)c3ccc(-c4ccccc4)cc3)sc2c1. The number of carbonyl (C=O) groups is 2. The molecule has 1 aromatic heterocycles. The molecule has 0 aliphatic rings. The molecule has 138 valence electrons. The van der Waals surface area contributed by atoms with Crippen molar-refractivity contribution in [2.45, 2.75) is 6.92 Å². The van der Waals surface area contributed by atoms with Crippen LogP contribution < -0.4 is 10.6 Å². The van der Waals surface area contributed by atoms with Crippen LogP contribution in [0, 0.1) is 0 Å². The van der Waals surface area contributed by atoms with E-state index in [0.29, 0.717) is 16.4 Å². The molecule has 3 aromatic carbocycles. The van der Waals surface area contributed by atoms with Crippen molar-refractivity contribution in [2.24, 2.45) is 0 Å². The smallest absolute Gasteiger partial charge is 0.257 e. The van der Waals surface area contributed by atoms with Crippen LogP contribution in [-0.4, -0.2) is 16.8 Å².